The Bertz CT molecular complexity index is 736. The number of rotatable bonds is 7. The zero-order chi connectivity index (χ0) is 18.1. The maximum atomic E-state index is 11.5. The minimum atomic E-state index is -0.781. The SMILES string of the molecule is N=C(CCC[n+]1ccccc1)N1CC(SC2=C(C(=O)O)N3CCC3C2)C1.[Cl-]. The molecule has 0 saturated carbocycles. The molecule has 2 saturated heterocycles. The van der Waals surface area contributed by atoms with Gasteiger partial charge in [0, 0.05) is 67.2 Å². The molecule has 0 aromatic carbocycles. The van der Waals surface area contributed by atoms with Crippen LogP contribution >= 0.6 is 11.8 Å². The Labute approximate surface area is 170 Å². The fourth-order valence-electron chi connectivity index (χ4n) is 3.87. The van der Waals surface area contributed by atoms with Crippen LogP contribution < -0.4 is 17.0 Å². The Morgan fingerprint density at radius 1 is 1.30 bits per heavy atom. The number of pyridine rings is 1. The Balaban J connectivity index is 0.00000210. The maximum Gasteiger partial charge on any atom is 0.353 e. The molecule has 8 heteroatoms. The number of carboxylic acid groups (broad SMARTS) is 1. The molecule has 2 fully saturated rings. The third-order valence-electron chi connectivity index (χ3n) is 5.46. The van der Waals surface area contributed by atoms with Crippen molar-refractivity contribution in [3.8, 4) is 0 Å². The van der Waals surface area contributed by atoms with E-state index in [1.807, 2.05) is 23.1 Å². The van der Waals surface area contributed by atoms with E-state index in [1.54, 1.807) is 11.8 Å². The number of likely N-dealkylation sites (tertiary alicyclic amines) is 1. The van der Waals surface area contributed by atoms with Gasteiger partial charge in [0.1, 0.15) is 12.2 Å². The van der Waals surface area contributed by atoms with E-state index >= 15 is 0 Å². The number of nitrogens with one attached hydrogen (secondary N) is 1. The molecule has 4 heterocycles. The second kappa shape index (κ2) is 8.52. The number of hydrogen-bond acceptors (Lipinski definition) is 4. The largest absolute Gasteiger partial charge is 1.00 e. The molecule has 2 N–H and O–H groups in total. The van der Waals surface area contributed by atoms with Crippen LogP contribution in [0.3, 0.4) is 0 Å². The standard InChI is InChI=1S/C19H24N4O2S.ClH/c20-17(5-4-9-21-7-2-1-3-8-21)22-12-15(13-22)26-16-11-14-6-10-23(14)18(16)19(24)25;/h1-3,7-8,14-15,20H,4-6,9-13H2;1H. The molecule has 0 bridgehead atoms. The van der Waals surface area contributed by atoms with E-state index in [4.69, 9.17) is 5.41 Å². The van der Waals surface area contributed by atoms with Crippen LogP contribution in [0.5, 0.6) is 0 Å². The summed E-state index contributed by atoms with van der Waals surface area (Å²) in [7, 11) is 0. The van der Waals surface area contributed by atoms with Gasteiger partial charge in [0.2, 0.25) is 0 Å². The van der Waals surface area contributed by atoms with Crippen LogP contribution in [0.25, 0.3) is 0 Å². The average Bonchev–Trinajstić information content (AvgIpc) is 2.82. The number of aryl methyl sites for hydroxylation is 1. The predicted molar refractivity (Wildman–Crippen MR) is 101 cm³/mol. The van der Waals surface area contributed by atoms with Gasteiger partial charge in [-0.25, -0.2) is 9.36 Å². The van der Waals surface area contributed by atoms with Gasteiger partial charge in [0.15, 0.2) is 12.4 Å². The molecule has 4 rings (SSSR count). The highest BCUT2D eigenvalue weighted by atomic mass is 35.5. The molecule has 0 amide bonds. The Hall–Kier alpha value is -1.73. The minimum absolute atomic E-state index is 0. The number of halogens is 1. The summed E-state index contributed by atoms with van der Waals surface area (Å²) in [6, 6.07) is 6.48. The number of thioether (sulfide) groups is 1. The molecular formula is C19H25ClN4O2S. The van der Waals surface area contributed by atoms with Crippen LogP contribution in [0.4, 0.5) is 0 Å². The maximum absolute atomic E-state index is 11.5. The Morgan fingerprint density at radius 2 is 2.04 bits per heavy atom. The molecule has 1 aromatic rings. The van der Waals surface area contributed by atoms with E-state index in [9.17, 15) is 9.90 Å². The van der Waals surface area contributed by atoms with Crippen molar-refractivity contribution in [2.75, 3.05) is 19.6 Å². The van der Waals surface area contributed by atoms with Gasteiger partial charge in [-0.15, -0.1) is 11.8 Å². The highest BCUT2D eigenvalue weighted by Gasteiger charge is 2.43. The van der Waals surface area contributed by atoms with Crippen LogP contribution in [0.15, 0.2) is 41.2 Å². The monoisotopic (exact) mass is 408 g/mol. The van der Waals surface area contributed by atoms with Gasteiger partial charge in [0.25, 0.3) is 0 Å². The first-order valence-corrected chi connectivity index (χ1v) is 10.2. The van der Waals surface area contributed by atoms with E-state index < -0.39 is 5.97 Å². The highest BCUT2D eigenvalue weighted by Crippen LogP contribution is 2.44. The number of nitrogens with zero attached hydrogens (tertiary/aromatic N) is 3. The van der Waals surface area contributed by atoms with E-state index in [1.165, 1.54) is 0 Å². The van der Waals surface area contributed by atoms with Crippen molar-refractivity contribution in [1.29, 1.82) is 5.41 Å². The first-order valence-electron chi connectivity index (χ1n) is 9.28. The molecule has 1 aromatic heterocycles. The summed E-state index contributed by atoms with van der Waals surface area (Å²) < 4.78 is 2.14. The summed E-state index contributed by atoms with van der Waals surface area (Å²) in [5.41, 5.74) is 0.541. The van der Waals surface area contributed by atoms with E-state index in [0.29, 0.717) is 22.8 Å². The van der Waals surface area contributed by atoms with Crippen molar-refractivity contribution in [2.45, 2.75) is 43.5 Å². The fraction of sp³-hybridized carbons (Fsp3) is 0.526. The minimum Gasteiger partial charge on any atom is -1.00 e. The van der Waals surface area contributed by atoms with Crippen LogP contribution in [0.1, 0.15) is 25.7 Å². The summed E-state index contributed by atoms with van der Waals surface area (Å²) in [5.74, 6) is -0.0712. The van der Waals surface area contributed by atoms with Crippen LogP contribution in [0.2, 0.25) is 0 Å². The molecule has 27 heavy (non-hydrogen) atoms. The zero-order valence-electron chi connectivity index (χ0n) is 15.2. The van der Waals surface area contributed by atoms with Crippen LogP contribution in [-0.2, 0) is 11.3 Å². The molecule has 6 nitrogen and oxygen atoms in total. The lowest BCUT2D eigenvalue weighted by Gasteiger charge is -2.40. The van der Waals surface area contributed by atoms with Gasteiger partial charge in [-0.05, 0) is 6.42 Å². The molecule has 146 valence electrons. The lowest BCUT2D eigenvalue weighted by atomic mass is 10.0. The molecule has 0 radical (unpaired) electrons. The second-order valence-corrected chi connectivity index (χ2v) is 8.62. The lowest BCUT2D eigenvalue weighted by molar-refractivity contribution is -0.697. The average molecular weight is 409 g/mol. The number of carbonyl (C=O) groups is 1. The van der Waals surface area contributed by atoms with Gasteiger partial charge < -0.3 is 27.3 Å². The number of hydrogen-bond donors (Lipinski definition) is 2. The van der Waals surface area contributed by atoms with Crippen LogP contribution in [-0.4, -0.2) is 57.6 Å². The van der Waals surface area contributed by atoms with Gasteiger partial charge >= 0.3 is 5.97 Å². The van der Waals surface area contributed by atoms with Crippen LogP contribution in [0, 0.1) is 5.41 Å². The quantitative estimate of drug-likeness (QED) is 0.341. The van der Waals surface area contributed by atoms with E-state index in [0.717, 1.165) is 56.8 Å². The Kier molecular flexibility index (Phi) is 6.32. The van der Waals surface area contributed by atoms with E-state index in [-0.39, 0.29) is 12.4 Å². The summed E-state index contributed by atoms with van der Waals surface area (Å²) in [6.45, 7) is 3.55. The highest BCUT2D eigenvalue weighted by molar-refractivity contribution is 8.03. The van der Waals surface area contributed by atoms with Gasteiger partial charge in [-0.3, -0.25) is 5.41 Å². The molecule has 0 aliphatic carbocycles. The number of carboxylic acids is 1. The first kappa shape index (κ1) is 20.0. The summed E-state index contributed by atoms with van der Waals surface area (Å²) in [4.78, 5) is 16.8. The smallest absolute Gasteiger partial charge is 0.353 e. The zero-order valence-corrected chi connectivity index (χ0v) is 16.8. The molecule has 3 aliphatic heterocycles. The normalized spacial score (nSPS) is 21.3. The third kappa shape index (κ3) is 4.24. The van der Waals surface area contributed by atoms with Crippen molar-refractivity contribution in [2.24, 2.45) is 0 Å². The molecule has 3 aliphatic rings. The topological polar surface area (TPSA) is 71.5 Å². The van der Waals surface area contributed by atoms with Gasteiger partial charge in [0.05, 0.1) is 5.84 Å². The number of amidine groups is 1. The van der Waals surface area contributed by atoms with Crippen molar-refractivity contribution < 1.29 is 26.9 Å². The fourth-order valence-corrected chi connectivity index (χ4v) is 5.39. The summed E-state index contributed by atoms with van der Waals surface area (Å²) in [5, 5.41) is 18.2. The molecule has 1 atom stereocenters. The summed E-state index contributed by atoms with van der Waals surface area (Å²) >= 11 is 1.73. The van der Waals surface area contributed by atoms with Crippen molar-refractivity contribution >= 4 is 23.6 Å². The van der Waals surface area contributed by atoms with Gasteiger partial charge in [-0.1, -0.05) is 6.07 Å². The number of fused-ring (bicyclic) bond motifs is 1. The second-order valence-electron chi connectivity index (χ2n) is 7.23. The third-order valence-corrected chi connectivity index (χ3v) is 6.74. The first-order chi connectivity index (χ1) is 12.6. The molecule has 1 unspecified atom stereocenters. The lowest BCUT2D eigenvalue weighted by Crippen LogP contribution is -3.00. The number of aromatic nitrogens is 1. The van der Waals surface area contributed by atoms with E-state index in [2.05, 4.69) is 21.9 Å². The van der Waals surface area contributed by atoms with Crippen molar-refractivity contribution in [1.82, 2.24) is 9.80 Å². The Morgan fingerprint density at radius 3 is 2.67 bits per heavy atom. The van der Waals surface area contributed by atoms with Gasteiger partial charge in [-0.2, -0.15) is 0 Å². The number of aliphatic carboxylic acids is 1. The summed E-state index contributed by atoms with van der Waals surface area (Å²) in [6.07, 6.45) is 7.87. The predicted octanol–water partition coefficient (Wildman–Crippen LogP) is -1.07. The molecule has 0 spiro atoms. The van der Waals surface area contributed by atoms with Crippen molar-refractivity contribution in [3.63, 3.8) is 0 Å². The van der Waals surface area contributed by atoms with Crippen molar-refractivity contribution in [3.05, 3.63) is 41.2 Å². The molecular weight excluding hydrogens is 384 g/mol.